The molecule has 1 aromatic carbocycles. The fourth-order valence-electron chi connectivity index (χ4n) is 3.34. The molecule has 0 spiro atoms. The van der Waals surface area contributed by atoms with Crippen molar-refractivity contribution in [1.82, 2.24) is 19.6 Å². The van der Waals surface area contributed by atoms with Gasteiger partial charge in [-0.15, -0.1) is 0 Å². The number of sulfonamides is 1. The smallest absolute Gasteiger partial charge is 0.325 e. The summed E-state index contributed by atoms with van der Waals surface area (Å²) in [6, 6.07) is 7.04. The van der Waals surface area contributed by atoms with Gasteiger partial charge in [-0.3, -0.25) is 14.6 Å². The Morgan fingerprint density at radius 2 is 1.93 bits per heavy atom. The van der Waals surface area contributed by atoms with Gasteiger partial charge in [0.2, 0.25) is 15.9 Å². The van der Waals surface area contributed by atoms with Crippen LogP contribution >= 0.6 is 11.6 Å². The van der Waals surface area contributed by atoms with Gasteiger partial charge in [0.05, 0.1) is 5.92 Å². The van der Waals surface area contributed by atoms with Gasteiger partial charge in [-0.05, 0) is 37.5 Å². The summed E-state index contributed by atoms with van der Waals surface area (Å²) in [4.78, 5) is 39.7. The second-order valence-corrected chi connectivity index (χ2v) is 9.22. The summed E-state index contributed by atoms with van der Waals surface area (Å²) in [6.45, 7) is 1.82. The van der Waals surface area contributed by atoms with E-state index in [2.05, 4.69) is 10.3 Å². The van der Waals surface area contributed by atoms with E-state index in [9.17, 15) is 22.8 Å². The number of amides is 1. The summed E-state index contributed by atoms with van der Waals surface area (Å²) in [7, 11) is -4.15. The first-order chi connectivity index (χ1) is 13.7. The third kappa shape index (κ3) is 4.77. The van der Waals surface area contributed by atoms with Crippen molar-refractivity contribution in [3.05, 3.63) is 61.4 Å². The number of carbonyl (C=O) groups excluding carboxylic acids is 1. The zero-order valence-corrected chi connectivity index (χ0v) is 17.3. The molecule has 2 heterocycles. The number of carbonyl (C=O) groups is 1. The van der Waals surface area contributed by atoms with Crippen molar-refractivity contribution >= 4 is 27.5 Å². The van der Waals surface area contributed by atoms with Gasteiger partial charge in [0, 0.05) is 30.4 Å². The fourth-order valence-corrected chi connectivity index (χ4v) is 5.19. The first-order valence-corrected chi connectivity index (χ1v) is 10.9. The summed E-state index contributed by atoms with van der Waals surface area (Å²) in [5.41, 5.74) is -0.906. The van der Waals surface area contributed by atoms with Crippen LogP contribution in [-0.2, 0) is 21.4 Å². The Morgan fingerprint density at radius 3 is 2.59 bits per heavy atom. The number of piperidine rings is 1. The van der Waals surface area contributed by atoms with Crippen molar-refractivity contribution < 1.29 is 13.2 Å². The Balaban J connectivity index is 1.73. The molecule has 2 aromatic rings. The number of benzene rings is 1. The molecule has 0 radical (unpaired) electrons. The van der Waals surface area contributed by atoms with Crippen LogP contribution in [0, 0.1) is 12.8 Å². The fraction of sp³-hybridized carbons (Fsp3) is 0.389. The minimum Gasteiger partial charge on any atom is -0.352 e. The number of H-pyrrole nitrogens is 2. The van der Waals surface area contributed by atoms with Crippen molar-refractivity contribution in [1.29, 1.82) is 0 Å². The zero-order valence-electron chi connectivity index (χ0n) is 15.7. The van der Waals surface area contributed by atoms with E-state index >= 15 is 0 Å². The molecule has 9 nitrogen and oxygen atoms in total. The average molecular weight is 441 g/mol. The normalized spacial score (nSPS) is 17.8. The second-order valence-electron chi connectivity index (χ2n) is 6.91. The van der Waals surface area contributed by atoms with E-state index in [0.29, 0.717) is 24.4 Å². The molecule has 11 heteroatoms. The third-order valence-corrected chi connectivity index (χ3v) is 7.08. The summed E-state index contributed by atoms with van der Waals surface area (Å²) < 4.78 is 27.0. The molecule has 0 saturated carbocycles. The summed E-state index contributed by atoms with van der Waals surface area (Å²) >= 11 is 5.84. The molecular weight excluding hydrogens is 420 g/mol. The third-order valence-electron chi connectivity index (χ3n) is 4.81. The molecule has 1 fully saturated rings. The molecule has 1 aliphatic heterocycles. The molecule has 156 valence electrons. The second kappa shape index (κ2) is 8.52. The van der Waals surface area contributed by atoms with Crippen LogP contribution in [0.25, 0.3) is 0 Å². The van der Waals surface area contributed by atoms with E-state index < -0.39 is 32.1 Å². The number of aryl methyl sites for hydroxylation is 1. The standard InChI is InChI=1S/C18H21ClN4O5S/c1-11-15(17(25)22-18(26)21-11)29(27,28)23-8-2-3-13(10-23)16(24)20-9-12-4-6-14(19)7-5-12/h4-7,13H,2-3,8-10H2,1H3,(H,20,24)(H2,21,22,25,26)/t13-/m1/s1. The van der Waals surface area contributed by atoms with Gasteiger partial charge in [0.25, 0.3) is 5.56 Å². The maximum atomic E-state index is 13.0. The predicted octanol–water partition coefficient (Wildman–Crippen LogP) is 0.742. The lowest BCUT2D eigenvalue weighted by Gasteiger charge is -2.31. The largest absolute Gasteiger partial charge is 0.352 e. The summed E-state index contributed by atoms with van der Waals surface area (Å²) in [5, 5.41) is 3.41. The zero-order chi connectivity index (χ0) is 21.2. The minimum atomic E-state index is -4.15. The Labute approximate surface area is 172 Å². The van der Waals surface area contributed by atoms with Gasteiger partial charge < -0.3 is 10.3 Å². The van der Waals surface area contributed by atoms with Crippen LogP contribution in [0.15, 0.2) is 38.8 Å². The molecular formula is C18H21ClN4O5S. The summed E-state index contributed by atoms with van der Waals surface area (Å²) in [5.74, 6) is -0.792. The molecule has 1 amide bonds. The van der Waals surface area contributed by atoms with Crippen LogP contribution in [0.5, 0.6) is 0 Å². The quantitative estimate of drug-likeness (QED) is 0.630. The number of nitrogens with zero attached hydrogens (tertiary/aromatic N) is 1. The highest BCUT2D eigenvalue weighted by atomic mass is 35.5. The Morgan fingerprint density at radius 1 is 1.24 bits per heavy atom. The maximum Gasteiger partial charge on any atom is 0.325 e. The van der Waals surface area contributed by atoms with Crippen LogP contribution < -0.4 is 16.6 Å². The molecule has 0 bridgehead atoms. The SMILES string of the molecule is Cc1[nH]c(=O)[nH]c(=O)c1S(=O)(=O)N1CCC[C@@H](C(=O)NCc2ccc(Cl)cc2)C1. The first kappa shape index (κ1) is 21.3. The maximum absolute atomic E-state index is 13.0. The molecule has 1 aliphatic rings. The van der Waals surface area contributed by atoms with Crippen molar-refractivity contribution in [2.75, 3.05) is 13.1 Å². The van der Waals surface area contributed by atoms with E-state index in [1.807, 2.05) is 4.98 Å². The van der Waals surface area contributed by atoms with Crippen LogP contribution in [-0.4, -0.2) is 41.7 Å². The predicted molar refractivity (Wildman–Crippen MR) is 107 cm³/mol. The van der Waals surface area contributed by atoms with Gasteiger partial charge in [-0.1, -0.05) is 23.7 Å². The molecule has 29 heavy (non-hydrogen) atoms. The topological polar surface area (TPSA) is 132 Å². The molecule has 1 atom stereocenters. The lowest BCUT2D eigenvalue weighted by atomic mass is 9.99. The van der Waals surface area contributed by atoms with Crippen molar-refractivity contribution in [3.8, 4) is 0 Å². The minimum absolute atomic E-state index is 0.0342. The number of hydrogen-bond acceptors (Lipinski definition) is 5. The van der Waals surface area contributed by atoms with E-state index in [1.165, 1.54) is 6.92 Å². The Bertz CT molecular complexity index is 1120. The number of aromatic nitrogens is 2. The molecule has 1 aromatic heterocycles. The van der Waals surface area contributed by atoms with Crippen LogP contribution in [0.3, 0.4) is 0 Å². The van der Waals surface area contributed by atoms with Crippen molar-refractivity contribution in [2.24, 2.45) is 5.92 Å². The van der Waals surface area contributed by atoms with Crippen LogP contribution in [0.1, 0.15) is 24.1 Å². The van der Waals surface area contributed by atoms with Gasteiger partial charge in [-0.2, -0.15) is 4.31 Å². The van der Waals surface area contributed by atoms with Crippen molar-refractivity contribution in [2.45, 2.75) is 31.2 Å². The number of rotatable bonds is 5. The van der Waals surface area contributed by atoms with Crippen LogP contribution in [0.2, 0.25) is 5.02 Å². The number of nitrogens with one attached hydrogen (secondary N) is 3. The average Bonchev–Trinajstić information content (AvgIpc) is 2.66. The van der Waals surface area contributed by atoms with Gasteiger partial charge in [0.1, 0.15) is 0 Å². The molecule has 1 saturated heterocycles. The highest BCUT2D eigenvalue weighted by molar-refractivity contribution is 7.89. The number of aromatic amines is 2. The highest BCUT2D eigenvalue weighted by Gasteiger charge is 2.35. The Hall–Kier alpha value is -2.43. The van der Waals surface area contributed by atoms with Crippen LogP contribution in [0.4, 0.5) is 0 Å². The highest BCUT2D eigenvalue weighted by Crippen LogP contribution is 2.23. The molecule has 3 rings (SSSR count). The van der Waals surface area contributed by atoms with Gasteiger partial charge in [-0.25, -0.2) is 13.2 Å². The summed E-state index contributed by atoms with van der Waals surface area (Å²) in [6.07, 6.45) is 1.03. The molecule has 0 aliphatic carbocycles. The van der Waals surface area contributed by atoms with E-state index in [4.69, 9.17) is 11.6 Å². The lowest BCUT2D eigenvalue weighted by molar-refractivity contribution is -0.126. The molecule has 0 unspecified atom stereocenters. The number of halogens is 1. The van der Waals surface area contributed by atoms with Crippen molar-refractivity contribution in [3.63, 3.8) is 0 Å². The lowest BCUT2D eigenvalue weighted by Crippen LogP contribution is -2.46. The van der Waals surface area contributed by atoms with Gasteiger partial charge >= 0.3 is 5.69 Å². The monoisotopic (exact) mass is 440 g/mol. The van der Waals surface area contributed by atoms with E-state index in [1.54, 1.807) is 24.3 Å². The van der Waals surface area contributed by atoms with Gasteiger partial charge in [0.15, 0.2) is 4.90 Å². The Kier molecular flexibility index (Phi) is 6.25. The number of hydrogen-bond donors (Lipinski definition) is 3. The molecule has 3 N–H and O–H groups in total. The van der Waals surface area contributed by atoms with E-state index in [-0.39, 0.29) is 24.7 Å². The van der Waals surface area contributed by atoms with E-state index in [0.717, 1.165) is 9.87 Å². The first-order valence-electron chi connectivity index (χ1n) is 9.04.